The number of benzene rings is 8. The molecule has 8 aromatic carbocycles. The normalized spacial score (nSPS) is 11.0. The van der Waals surface area contributed by atoms with Gasteiger partial charge in [-0.05, 0) is 71.4 Å². The Morgan fingerprint density at radius 1 is 0.429 bits per heavy atom. The van der Waals surface area contributed by atoms with Gasteiger partial charge in [-0.1, -0.05) is 131 Å². The number of rotatable bonds is 8. The minimum absolute atomic E-state index is 0. The molecule has 316 valence electrons. The number of phenols is 4. The zero-order valence-corrected chi connectivity index (χ0v) is 36.2. The summed E-state index contributed by atoms with van der Waals surface area (Å²) in [5, 5.41) is 66.8. The Morgan fingerprint density at radius 2 is 0.778 bits per heavy atom. The van der Waals surface area contributed by atoms with Crippen molar-refractivity contribution in [3.05, 3.63) is 177 Å². The molecule has 0 aliphatic heterocycles. The number of para-hydroxylation sites is 2. The monoisotopic (exact) mass is 958 g/mol. The SMILES string of the molecule is O=C(Nc1ccccc1)c1cc2ccccc2c(N=Nc2cc(Cl)cc(Cl)c2O)c1O.O=C(Nc1ccccc1)c1cc2ccccc2c(N=Nc2cc(Cl)cc(Cl)c2O)c1O.[Fe]. The van der Waals surface area contributed by atoms with Crippen LogP contribution in [0.15, 0.2) is 166 Å². The summed E-state index contributed by atoms with van der Waals surface area (Å²) in [6.07, 6.45) is 0. The van der Waals surface area contributed by atoms with Gasteiger partial charge in [-0.3, -0.25) is 9.59 Å². The fourth-order valence-corrected chi connectivity index (χ4v) is 7.05. The molecule has 17 heteroatoms. The third-order valence-electron chi connectivity index (χ3n) is 9.07. The smallest absolute Gasteiger partial charge is 0.259 e. The van der Waals surface area contributed by atoms with E-state index < -0.39 is 11.8 Å². The van der Waals surface area contributed by atoms with Crippen LogP contribution < -0.4 is 10.6 Å². The average Bonchev–Trinajstić information content (AvgIpc) is 3.26. The van der Waals surface area contributed by atoms with Crippen LogP contribution in [0.5, 0.6) is 23.0 Å². The van der Waals surface area contributed by atoms with E-state index in [1.165, 1.54) is 24.3 Å². The molecule has 0 aromatic heterocycles. The maximum absolute atomic E-state index is 12.8. The van der Waals surface area contributed by atoms with Gasteiger partial charge in [0.15, 0.2) is 23.0 Å². The van der Waals surface area contributed by atoms with Crippen molar-refractivity contribution >= 4 is 114 Å². The molecule has 0 atom stereocenters. The van der Waals surface area contributed by atoms with Crippen LogP contribution in [0.4, 0.5) is 34.1 Å². The molecular weight excluding hydrogens is 930 g/mol. The van der Waals surface area contributed by atoms with Crippen LogP contribution in [0.25, 0.3) is 21.5 Å². The summed E-state index contributed by atoms with van der Waals surface area (Å²) >= 11 is 23.8. The number of hydrogen-bond donors (Lipinski definition) is 6. The van der Waals surface area contributed by atoms with E-state index in [1.54, 1.807) is 97.1 Å². The van der Waals surface area contributed by atoms with E-state index in [9.17, 15) is 30.0 Å². The summed E-state index contributed by atoms with van der Waals surface area (Å²) in [6.45, 7) is 0. The molecule has 0 spiro atoms. The van der Waals surface area contributed by atoms with E-state index in [4.69, 9.17) is 46.4 Å². The Kier molecular flexibility index (Phi) is 14.9. The zero-order valence-electron chi connectivity index (χ0n) is 32.1. The van der Waals surface area contributed by atoms with E-state index in [2.05, 4.69) is 31.1 Å². The van der Waals surface area contributed by atoms with E-state index >= 15 is 0 Å². The molecule has 2 amide bonds. The Balaban J connectivity index is 0.000000206. The molecule has 63 heavy (non-hydrogen) atoms. The Morgan fingerprint density at radius 3 is 1.16 bits per heavy atom. The third kappa shape index (κ3) is 10.7. The molecule has 6 N–H and O–H groups in total. The summed E-state index contributed by atoms with van der Waals surface area (Å²) in [4.78, 5) is 25.7. The molecule has 0 radical (unpaired) electrons. The molecule has 0 fully saturated rings. The predicted molar refractivity (Wildman–Crippen MR) is 245 cm³/mol. The van der Waals surface area contributed by atoms with E-state index in [0.717, 1.165) is 0 Å². The predicted octanol–water partition coefficient (Wildman–Crippen LogP) is 14.4. The second kappa shape index (κ2) is 20.4. The number of nitrogens with zero attached hydrogens (tertiary/aromatic N) is 4. The van der Waals surface area contributed by atoms with Crippen molar-refractivity contribution in [1.82, 2.24) is 0 Å². The van der Waals surface area contributed by atoms with Gasteiger partial charge in [0.2, 0.25) is 0 Å². The Bertz CT molecular complexity index is 2860. The molecule has 0 saturated heterocycles. The van der Waals surface area contributed by atoms with Gasteiger partial charge in [0, 0.05) is 49.3 Å². The van der Waals surface area contributed by atoms with Crippen LogP contribution in [-0.2, 0) is 17.1 Å². The van der Waals surface area contributed by atoms with Crippen LogP contribution in [0, 0.1) is 0 Å². The number of phenolic OH excluding ortho intramolecular Hbond substituents is 4. The number of nitrogens with one attached hydrogen (secondary N) is 2. The number of halogens is 4. The van der Waals surface area contributed by atoms with Crippen LogP contribution in [0.3, 0.4) is 0 Å². The average molecular weight is 960 g/mol. The fourth-order valence-electron chi connectivity index (χ4n) is 6.09. The van der Waals surface area contributed by atoms with Crippen molar-refractivity contribution in [1.29, 1.82) is 0 Å². The second-order valence-corrected chi connectivity index (χ2v) is 14.9. The third-order valence-corrected chi connectivity index (χ3v) is 10.1. The number of carbonyl (C=O) groups excluding carboxylic acids is 2. The van der Waals surface area contributed by atoms with Crippen LogP contribution in [0.1, 0.15) is 20.7 Å². The number of fused-ring (bicyclic) bond motifs is 2. The summed E-state index contributed by atoms with van der Waals surface area (Å²) in [5.74, 6) is -2.28. The van der Waals surface area contributed by atoms with Crippen molar-refractivity contribution in [3.8, 4) is 23.0 Å². The second-order valence-electron chi connectivity index (χ2n) is 13.2. The molecule has 8 rings (SSSR count). The van der Waals surface area contributed by atoms with Gasteiger partial charge in [-0.2, -0.15) is 0 Å². The van der Waals surface area contributed by atoms with Gasteiger partial charge in [-0.25, -0.2) is 0 Å². The molecule has 12 nitrogen and oxygen atoms in total. The van der Waals surface area contributed by atoms with E-state index in [0.29, 0.717) is 32.9 Å². The largest absolute Gasteiger partial charge is 0.505 e. The fraction of sp³-hybridized carbons (Fsp3) is 0. The maximum Gasteiger partial charge on any atom is 0.259 e. The van der Waals surface area contributed by atoms with Crippen LogP contribution in [0.2, 0.25) is 20.1 Å². The van der Waals surface area contributed by atoms with Gasteiger partial charge in [0.25, 0.3) is 11.8 Å². The van der Waals surface area contributed by atoms with Crippen LogP contribution in [-0.4, -0.2) is 32.2 Å². The van der Waals surface area contributed by atoms with Gasteiger partial charge >= 0.3 is 0 Å². The minimum Gasteiger partial charge on any atom is -0.505 e. The zero-order chi connectivity index (χ0) is 43.9. The molecule has 0 aliphatic rings. The van der Waals surface area contributed by atoms with Crippen molar-refractivity contribution in [2.24, 2.45) is 20.5 Å². The van der Waals surface area contributed by atoms with E-state index in [-0.39, 0.29) is 94.0 Å². The number of hydrogen-bond acceptors (Lipinski definition) is 10. The summed E-state index contributed by atoms with van der Waals surface area (Å²) in [5.41, 5.74) is 1.44. The molecule has 8 aromatic rings. The quantitative estimate of drug-likeness (QED) is 0.0649. The molecule has 0 saturated carbocycles. The van der Waals surface area contributed by atoms with Gasteiger partial charge in [0.05, 0.1) is 21.2 Å². The standard InChI is InChI=1S/2C23H15Cl2N3O3.Fe/c2*24-14-11-18(25)22(30)19(12-14)27-28-20-16-9-5-4-6-13(16)10-17(21(20)29)23(31)26-15-7-2-1-3-8-15;/h2*1-12,29-30H,(H,26,31);. The number of carbonyl (C=O) groups is 2. The minimum atomic E-state index is -0.500. The number of azo groups is 2. The summed E-state index contributed by atoms with van der Waals surface area (Å²) < 4.78 is 0. The van der Waals surface area contributed by atoms with Gasteiger partial charge in [-0.15, -0.1) is 20.5 Å². The number of aromatic hydroxyl groups is 4. The molecule has 0 heterocycles. The first-order valence-electron chi connectivity index (χ1n) is 18.3. The number of amides is 2. The first-order chi connectivity index (χ1) is 29.9. The van der Waals surface area contributed by atoms with E-state index in [1.807, 2.05) is 24.3 Å². The first-order valence-corrected chi connectivity index (χ1v) is 19.8. The first kappa shape index (κ1) is 45.8. The molecular formula is C46H30Cl4FeN6O6. The van der Waals surface area contributed by atoms with Gasteiger partial charge < -0.3 is 31.1 Å². The van der Waals surface area contributed by atoms with Gasteiger partial charge in [0.1, 0.15) is 22.7 Å². The van der Waals surface area contributed by atoms with Crippen molar-refractivity contribution in [2.45, 2.75) is 0 Å². The van der Waals surface area contributed by atoms with Crippen molar-refractivity contribution < 1.29 is 47.1 Å². The molecule has 0 bridgehead atoms. The summed E-state index contributed by atoms with van der Waals surface area (Å²) in [7, 11) is 0. The summed E-state index contributed by atoms with van der Waals surface area (Å²) in [6, 6.07) is 40.7. The number of anilines is 2. The molecule has 0 unspecified atom stereocenters. The Labute approximate surface area is 389 Å². The molecule has 0 aliphatic carbocycles. The van der Waals surface area contributed by atoms with Crippen LogP contribution >= 0.6 is 46.4 Å². The van der Waals surface area contributed by atoms with Crippen molar-refractivity contribution in [3.63, 3.8) is 0 Å². The van der Waals surface area contributed by atoms with Crippen molar-refractivity contribution in [2.75, 3.05) is 10.6 Å². The Hall–Kier alpha value is -6.70. The maximum atomic E-state index is 12.8. The topological polar surface area (TPSA) is 189 Å².